The molecule has 5 heteroatoms. The van der Waals surface area contributed by atoms with Gasteiger partial charge in [0.05, 0.1) is 11.7 Å². The fourth-order valence-electron chi connectivity index (χ4n) is 3.75. The maximum absolute atomic E-state index is 12.9. The zero-order chi connectivity index (χ0) is 22.3. The molecule has 0 bridgehead atoms. The smallest absolute Gasteiger partial charge is 0.380 e. The van der Waals surface area contributed by atoms with Crippen molar-refractivity contribution in [1.29, 1.82) is 0 Å². The van der Waals surface area contributed by atoms with Crippen molar-refractivity contribution in [3.63, 3.8) is 0 Å². The van der Waals surface area contributed by atoms with Crippen LogP contribution in [0.1, 0.15) is 29.2 Å². The minimum Gasteiger partial charge on any atom is -0.380 e. The van der Waals surface area contributed by atoms with Gasteiger partial charge >= 0.3 is 6.18 Å². The Balaban J connectivity index is 1.88. The van der Waals surface area contributed by atoms with Gasteiger partial charge in [0.2, 0.25) is 0 Å². The molecule has 2 atom stereocenters. The summed E-state index contributed by atoms with van der Waals surface area (Å²) in [6.07, 6.45) is -3.84. The van der Waals surface area contributed by atoms with Gasteiger partial charge in [0.1, 0.15) is 0 Å². The van der Waals surface area contributed by atoms with Crippen LogP contribution in [0.25, 0.3) is 0 Å². The van der Waals surface area contributed by atoms with Crippen LogP contribution >= 0.6 is 0 Å². The second-order valence-electron chi connectivity index (χ2n) is 7.78. The number of halogens is 3. The summed E-state index contributed by atoms with van der Waals surface area (Å²) in [7, 11) is 1.67. The molecule has 0 spiro atoms. The van der Waals surface area contributed by atoms with Crippen LogP contribution in [-0.4, -0.2) is 24.2 Å². The van der Waals surface area contributed by atoms with Gasteiger partial charge in [0, 0.05) is 26.2 Å². The lowest BCUT2D eigenvalue weighted by atomic mass is 9.98. The molecule has 0 aromatic heterocycles. The van der Waals surface area contributed by atoms with Gasteiger partial charge in [-0.25, -0.2) is 0 Å². The first-order chi connectivity index (χ1) is 14.9. The largest absolute Gasteiger partial charge is 0.416 e. The van der Waals surface area contributed by atoms with Crippen LogP contribution < -0.4 is 0 Å². The molecule has 0 saturated heterocycles. The molecule has 31 heavy (non-hydrogen) atoms. The molecule has 0 unspecified atom stereocenters. The van der Waals surface area contributed by atoms with E-state index in [1.54, 1.807) is 19.2 Å². The van der Waals surface area contributed by atoms with E-state index in [9.17, 15) is 13.2 Å². The Hall–Kier alpha value is -2.63. The normalized spacial score (nSPS) is 13.9. The lowest BCUT2D eigenvalue weighted by Gasteiger charge is -2.35. The lowest BCUT2D eigenvalue weighted by Crippen LogP contribution is -2.44. The number of benzene rings is 3. The molecule has 0 heterocycles. The summed E-state index contributed by atoms with van der Waals surface area (Å²) < 4.78 is 44.5. The van der Waals surface area contributed by atoms with Gasteiger partial charge in [-0.05, 0) is 42.2 Å². The fourth-order valence-corrected chi connectivity index (χ4v) is 3.75. The maximum atomic E-state index is 12.9. The van der Waals surface area contributed by atoms with Gasteiger partial charge in [0.25, 0.3) is 0 Å². The first kappa shape index (κ1) is 23.0. The Kier molecular flexibility index (Phi) is 7.88. The molecule has 0 aliphatic rings. The highest BCUT2D eigenvalue weighted by Crippen LogP contribution is 2.29. The summed E-state index contributed by atoms with van der Waals surface area (Å²) in [4.78, 5) is 2.34. The van der Waals surface area contributed by atoms with Gasteiger partial charge in [-0.3, -0.25) is 4.90 Å². The van der Waals surface area contributed by atoms with Crippen molar-refractivity contribution in [2.75, 3.05) is 7.11 Å². The molecule has 0 aliphatic carbocycles. The number of hydrogen-bond acceptors (Lipinski definition) is 2. The Morgan fingerprint density at radius 1 is 0.742 bits per heavy atom. The van der Waals surface area contributed by atoms with Crippen molar-refractivity contribution in [2.24, 2.45) is 0 Å². The zero-order valence-corrected chi connectivity index (χ0v) is 17.8. The van der Waals surface area contributed by atoms with E-state index in [1.807, 2.05) is 43.3 Å². The van der Waals surface area contributed by atoms with Crippen molar-refractivity contribution < 1.29 is 17.9 Å². The summed E-state index contributed by atoms with van der Waals surface area (Å²) in [5, 5.41) is 0. The monoisotopic (exact) mass is 427 g/mol. The Morgan fingerprint density at radius 2 is 1.23 bits per heavy atom. The van der Waals surface area contributed by atoms with E-state index in [-0.39, 0.29) is 12.1 Å². The SMILES string of the molecule is CO[C@@H](C)[C@H](Cc1ccc(C(F)(F)F)cc1)N(Cc1ccccc1)Cc1ccccc1. The van der Waals surface area contributed by atoms with E-state index in [4.69, 9.17) is 4.74 Å². The van der Waals surface area contributed by atoms with E-state index in [0.717, 1.165) is 17.7 Å². The number of ether oxygens (including phenoxy) is 1. The molecule has 3 rings (SSSR count). The van der Waals surface area contributed by atoms with Crippen LogP contribution in [0.2, 0.25) is 0 Å². The summed E-state index contributed by atoms with van der Waals surface area (Å²) in [5.74, 6) is 0. The van der Waals surface area contributed by atoms with Crippen LogP contribution in [0.3, 0.4) is 0 Å². The number of hydrogen-bond donors (Lipinski definition) is 0. The summed E-state index contributed by atoms with van der Waals surface area (Å²) >= 11 is 0. The van der Waals surface area contributed by atoms with Crippen LogP contribution in [0, 0.1) is 0 Å². The quantitative estimate of drug-likeness (QED) is 0.394. The number of rotatable bonds is 9. The molecule has 0 fully saturated rings. The van der Waals surface area contributed by atoms with E-state index in [0.29, 0.717) is 19.5 Å². The minimum absolute atomic E-state index is 0.0119. The second-order valence-corrected chi connectivity index (χ2v) is 7.78. The molecule has 2 nitrogen and oxygen atoms in total. The molecule has 3 aromatic carbocycles. The highest BCUT2D eigenvalue weighted by Gasteiger charge is 2.30. The highest BCUT2D eigenvalue weighted by atomic mass is 19.4. The molecule has 0 N–H and O–H groups in total. The maximum Gasteiger partial charge on any atom is 0.416 e. The van der Waals surface area contributed by atoms with E-state index >= 15 is 0 Å². The van der Waals surface area contributed by atoms with Crippen LogP contribution in [0.15, 0.2) is 84.9 Å². The topological polar surface area (TPSA) is 12.5 Å². The average molecular weight is 428 g/mol. The number of nitrogens with zero attached hydrogens (tertiary/aromatic N) is 1. The van der Waals surface area contributed by atoms with Crippen molar-refractivity contribution >= 4 is 0 Å². The minimum atomic E-state index is -4.33. The molecule has 0 saturated carbocycles. The van der Waals surface area contributed by atoms with Crippen molar-refractivity contribution in [2.45, 2.75) is 44.8 Å². The van der Waals surface area contributed by atoms with Gasteiger partial charge < -0.3 is 4.74 Å². The van der Waals surface area contributed by atoms with Crippen molar-refractivity contribution in [3.8, 4) is 0 Å². The number of alkyl halides is 3. The lowest BCUT2D eigenvalue weighted by molar-refractivity contribution is -0.137. The third kappa shape index (κ3) is 6.68. The standard InChI is InChI=1S/C26H28F3NO/c1-20(31-2)25(17-21-13-15-24(16-14-21)26(27,28)29)30(18-22-9-5-3-6-10-22)19-23-11-7-4-8-12-23/h3-16,20,25H,17-19H2,1-2H3/t20-,25-/m0/s1. The zero-order valence-electron chi connectivity index (χ0n) is 17.8. The van der Waals surface area contributed by atoms with Gasteiger partial charge in [-0.15, -0.1) is 0 Å². The van der Waals surface area contributed by atoms with Crippen LogP contribution in [0.4, 0.5) is 13.2 Å². The van der Waals surface area contributed by atoms with Gasteiger partial charge in [-0.1, -0.05) is 72.8 Å². The molecule has 0 amide bonds. The summed E-state index contributed by atoms with van der Waals surface area (Å²) in [5.41, 5.74) is 2.59. The van der Waals surface area contributed by atoms with Gasteiger partial charge in [0.15, 0.2) is 0 Å². The molecule has 0 aliphatic heterocycles. The first-order valence-electron chi connectivity index (χ1n) is 10.4. The Bertz CT molecular complexity index is 869. The second kappa shape index (κ2) is 10.6. The van der Waals surface area contributed by atoms with E-state index in [2.05, 4.69) is 29.2 Å². The van der Waals surface area contributed by atoms with Crippen molar-refractivity contribution in [1.82, 2.24) is 4.90 Å². The van der Waals surface area contributed by atoms with E-state index in [1.165, 1.54) is 11.1 Å². The van der Waals surface area contributed by atoms with Crippen LogP contribution in [0.5, 0.6) is 0 Å². The van der Waals surface area contributed by atoms with Crippen molar-refractivity contribution in [3.05, 3.63) is 107 Å². The van der Waals surface area contributed by atoms with Crippen LogP contribution in [-0.2, 0) is 30.4 Å². The first-order valence-corrected chi connectivity index (χ1v) is 10.4. The fraction of sp³-hybridized carbons (Fsp3) is 0.308. The molecule has 3 aromatic rings. The predicted octanol–water partition coefficient (Wildman–Crippen LogP) is 6.35. The summed E-state index contributed by atoms with van der Waals surface area (Å²) in [6.45, 7) is 3.45. The number of methoxy groups -OCH3 is 1. The Labute approximate surface area is 182 Å². The third-order valence-corrected chi connectivity index (χ3v) is 5.57. The molecule has 0 radical (unpaired) electrons. The van der Waals surface area contributed by atoms with E-state index < -0.39 is 11.7 Å². The molecule has 164 valence electrons. The van der Waals surface area contributed by atoms with Gasteiger partial charge in [-0.2, -0.15) is 13.2 Å². The molecular formula is C26H28F3NO. The third-order valence-electron chi connectivity index (χ3n) is 5.57. The summed E-state index contributed by atoms with van der Waals surface area (Å²) in [6, 6.07) is 25.8. The molecular weight excluding hydrogens is 399 g/mol. The highest BCUT2D eigenvalue weighted by molar-refractivity contribution is 5.26. The Morgan fingerprint density at radius 3 is 1.65 bits per heavy atom. The average Bonchev–Trinajstić information content (AvgIpc) is 2.78. The predicted molar refractivity (Wildman–Crippen MR) is 118 cm³/mol.